The second kappa shape index (κ2) is 6.35. The topological polar surface area (TPSA) is 70.1 Å². The fourth-order valence-corrected chi connectivity index (χ4v) is 2.74. The van der Waals surface area contributed by atoms with Crippen molar-refractivity contribution in [1.29, 1.82) is 5.26 Å². The quantitative estimate of drug-likeness (QED) is 0.894. The van der Waals surface area contributed by atoms with Gasteiger partial charge >= 0.3 is 0 Å². The van der Waals surface area contributed by atoms with Gasteiger partial charge in [0.25, 0.3) is 0 Å². The average Bonchev–Trinajstić information content (AvgIpc) is 2.46. The van der Waals surface area contributed by atoms with Crippen LogP contribution in [0.5, 0.6) is 0 Å². The van der Waals surface area contributed by atoms with E-state index in [0.29, 0.717) is 13.0 Å². The Morgan fingerprint density at radius 2 is 2.21 bits per heavy atom. The van der Waals surface area contributed by atoms with Gasteiger partial charge in [-0.05, 0) is 24.9 Å². The van der Waals surface area contributed by atoms with Gasteiger partial charge in [0, 0.05) is 12.6 Å². The van der Waals surface area contributed by atoms with Crippen LogP contribution >= 0.6 is 0 Å². The van der Waals surface area contributed by atoms with Crippen molar-refractivity contribution in [3.8, 4) is 6.07 Å². The fourth-order valence-electron chi connectivity index (χ4n) is 2.74. The van der Waals surface area contributed by atoms with E-state index < -0.39 is 0 Å². The smallest absolute Gasteiger partial charge is 0.221 e. The van der Waals surface area contributed by atoms with E-state index in [9.17, 15) is 4.79 Å². The Morgan fingerprint density at radius 1 is 1.47 bits per heavy atom. The summed E-state index contributed by atoms with van der Waals surface area (Å²) in [7, 11) is 0. The summed E-state index contributed by atoms with van der Waals surface area (Å²) >= 11 is 0. The molecule has 1 aliphatic rings. The number of nitriles is 1. The molecule has 2 N–H and O–H groups in total. The third-order valence-electron chi connectivity index (χ3n) is 3.76. The van der Waals surface area contributed by atoms with E-state index in [1.165, 1.54) is 0 Å². The van der Waals surface area contributed by atoms with Gasteiger partial charge < -0.3 is 5.73 Å². The number of rotatable bonds is 4. The van der Waals surface area contributed by atoms with E-state index in [1.54, 1.807) is 0 Å². The highest BCUT2D eigenvalue weighted by Gasteiger charge is 2.29. The molecule has 1 fully saturated rings. The number of piperidine rings is 1. The van der Waals surface area contributed by atoms with Crippen molar-refractivity contribution in [2.24, 2.45) is 11.7 Å². The molecule has 2 atom stereocenters. The molecule has 1 saturated heterocycles. The van der Waals surface area contributed by atoms with Gasteiger partial charge in [0.2, 0.25) is 5.91 Å². The number of benzene rings is 1. The Hall–Kier alpha value is -1.86. The molecule has 0 spiro atoms. The lowest BCUT2D eigenvalue weighted by atomic mass is 9.93. The standard InChI is InChI=1S/C15H19N3O/c16-9-8-14(12-5-2-1-3-6-12)18-10-4-7-13(11-18)15(17)19/h1-3,5-6,13-14H,4,7-8,10-11H2,(H2,17,19). The van der Waals surface area contributed by atoms with E-state index in [4.69, 9.17) is 11.0 Å². The van der Waals surface area contributed by atoms with Crippen LogP contribution in [0.3, 0.4) is 0 Å². The number of amides is 1. The number of likely N-dealkylation sites (tertiary alicyclic amines) is 1. The summed E-state index contributed by atoms with van der Waals surface area (Å²) in [6, 6.07) is 12.3. The minimum absolute atomic E-state index is 0.0633. The first-order valence-electron chi connectivity index (χ1n) is 6.67. The molecule has 0 aromatic heterocycles. The van der Waals surface area contributed by atoms with Crippen LogP contribution < -0.4 is 5.73 Å². The van der Waals surface area contributed by atoms with Crippen LogP contribution in [0.2, 0.25) is 0 Å². The Labute approximate surface area is 113 Å². The molecular weight excluding hydrogens is 238 g/mol. The molecule has 0 aliphatic carbocycles. The summed E-state index contributed by atoms with van der Waals surface area (Å²) in [5.41, 5.74) is 6.55. The van der Waals surface area contributed by atoms with Gasteiger partial charge in [0.05, 0.1) is 18.4 Å². The van der Waals surface area contributed by atoms with Crippen LogP contribution in [0.4, 0.5) is 0 Å². The number of primary amides is 1. The number of hydrogen-bond donors (Lipinski definition) is 1. The van der Waals surface area contributed by atoms with Crippen LogP contribution in [-0.4, -0.2) is 23.9 Å². The molecule has 1 aromatic carbocycles. The summed E-state index contributed by atoms with van der Waals surface area (Å²) < 4.78 is 0. The Kier molecular flexibility index (Phi) is 4.53. The molecule has 4 heteroatoms. The molecule has 1 amide bonds. The first-order chi connectivity index (χ1) is 9.22. The Bertz CT molecular complexity index is 466. The van der Waals surface area contributed by atoms with Gasteiger partial charge in [-0.25, -0.2) is 0 Å². The number of nitrogens with zero attached hydrogens (tertiary/aromatic N) is 2. The van der Waals surface area contributed by atoms with Crippen LogP contribution in [0.15, 0.2) is 30.3 Å². The molecule has 0 bridgehead atoms. The lowest BCUT2D eigenvalue weighted by Gasteiger charge is -2.36. The zero-order chi connectivity index (χ0) is 13.7. The number of nitrogens with two attached hydrogens (primary N) is 1. The van der Waals surface area contributed by atoms with E-state index >= 15 is 0 Å². The normalized spacial score (nSPS) is 21.5. The molecule has 0 radical (unpaired) electrons. The minimum Gasteiger partial charge on any atom is -0.369 e. The van der Waals surface area contributed by atoms with Gasteiger partial charge in [-0.1, -0.05) is 30.3 Å². The number of carbonyl (C=O) groups is 1. The maximum absolute atomic E-state index is 11.3. The zero-order valence-electron chi connectivity index (χ0n) is 11.0. The summed E-state index contributed by atoms with van der Waals surface area (Å²) in [4.78, 5) is 13.6. The van der Waals surface area contributed by atoms with Crippen LogP contribution in [0.1, 0.15) is 30.9 Å². The van der Waals surface area contributed by atoms with Gasteiger partial charge in [-0.2, -0.15) is 5.26 Å². The van der Waals surface area contributed by atoms with E-state index in [-0.39, 0.29) is 17.9 Å². The largest absolute Gasteiger partial charge is 0.369 e. The van der Waals surface area contributed by atoms with Crippen LogP contribution in [-0.2, 0) is 4.79 Å². The second-order valence-electron chi connectivity index (χ2n) is 5.03. The average molecular weight is 257 g/mol. The van der Waals surface area contributed by atoms with Crippen molar-refractivity contribution in [3.05, 3.63) is 35.9 Å². The lowest BCUT2D eigenvalue weighted by Crippen LogP contribution is -2.42. The third kappa shape index (κ3) is 3.33. The number of carbonyl (C=O) groups excluding carboxylic acids is 1. The van der Waals surface area contributed by atoms with Crippen LogP contribution in [0.25, 0.3) is 0 Å². The maximum Gasteiger partial charge on any atom is 0.221 e. The summed E-state index contributed by atoms with van der Waals surface area (Å²) in [5, 5.41) is 9.04. The SMILES string of the molecule is N#CCC(c1ccccc1)N1CCCC(C(N)=O)C1. The van der Waals surface area contributed by atoms with E-state index in [0.717, 1.165) is 24.9 Å². The summed E-state index contributed by atoms with van der Waals surface area (Å²) in [6.07, 6.45) is 2.26. The van der Waals surface area contributed by atoms with E-state index in [2.05, 4.69) is 11.0 Å². The van der Waals surface area contributed by atoms with Gasteiger partial charge in [-0.3, -0.25) is 9.69 Å². The first-order valence-corrected chi connectivity index (χ1v) is 6.67. The molecule has 19 heavy (non-hydrogen) atoms. The number of hydrogen-bond acceptors (Lipinski definition) is 3. The Morgan fingerprint density at radius 3 is 2.84 bits per heavy atom. The maximum atomic E-state index is 11.3. The molecular formula is C15H19N3O. The van der Waals surface area contributed by atoms with Crippen molar-refractivity contribution in [2.45, 2.75) is 25.3 Å². The Balaban J connectivity index is 2.15. The van der Waals surface area contributed by atoms with Gasteiger partial charge in [-0.15, -0.1) is 0 Å². The first kappa shape index (κ1) is 13.6. The zero-order valence-corrected chi connectivity index (χ0v) is 11.0. The predicted octanol–water partition coefficient (Wildman–Crippen LogP) is 1.84. The minimum atomic E-state index is -0.228. The molecule has 100 valence electrons. The second-order valence-corrected chi connectivity index (χ2v) is 5.03. The molecule has 2 rings (SSSR count). The molecule has 1 aliphatic heterocycles. The summed E-state index contributed by atoms with van der Waals surface area (Å²) in [5.74, 6) is -0.313. The summed E-state index contributed by atoms with van der Waals surface area (Å²) in [6.45, 7) is 1.58. The monoisotopic (exact) mass is 257 g/mol. The molecule has 2 unspecified atom stereocenters. The molecule has 0 saturated carbocycles. The van der Waals surface area contributed by atoms with Crippen molar-refractivity contribution < 1.29 is 4.79 Å². The van der Waals surface area contributed by atoms with Crippen LogP contribution in [0, 0.1) is 17.2 Å². The highest BCUT2D eigenvalue weighted by Crippen LogP contribution is 2.29. The van der Waals surface area contributed by atoms with Crippen molar-refractivity contribution in [1.82, 2.24) is 4.90 Å². The molecule has 1 aromatic rings. The van der Waals surface area contributed by atoms with Gasteiger partial charge in [0.1, 0.15) is 0 Å². The highest BCUT2D eigenvalue weighted by molar-refractivity contribution is 5.76. The molecule has 4 nitrogen and oxygen atoms in total. The third-order valence-corrected chi connectivity index (χ3v) is 3.76. The fraction of sp³-hybridized carbons (Fsp3) is 0.467. The highest BCUT2D eigenvalue weighted by atomic mass is 16.1. The van der Waals surface area contributed by atoms with E-state index in [1.807, 2.05) is 30.3 Å². The predicted molar refractivity (Wildman–Crippen MR) is 72.9 cm³/mol. The molecule has 1 heterocycles. The van der Waals surface area contributed by atoms with Crippen molar-refractivity contribution in [2.75, 3.05) is 13.1 Å². The lowest BCUT2D eigenvalue weighted by molar-refractivity contribution is -0.123. The van der Waals surface area contributed by atoms with Gasteiger partial charge in [0.15, 0.2) is 0 Å². The van der Waals surface area contributed by atoms with Crippen molar-refractivity contribution in [3.63, 3.8) is 0 Å². The van der Waals surface area contributed by atoms with Crippen molar-refractivity contribution >= 4 is 5.91 Å².